The van der Waals surface area contributed by atoms with Gasteiger partial charge in [0, 0.05) is 51.1 Å². The maximum absolute atomic E-state index is 11.8. The average molecular weight is 420 g/mol. The van der Waals surface area contributed by atoms with Gasteiger partial charge in [0.25, 0.3) is 5.69 Å². The highest BCUT2D eigenvalue weighted by molar-refractivity contribution is 5.94. The molecule has 0 unspecified atom stereocenters. The Labute approximate surface area is 179 Å². The van der Waals surface area contributed by atoms with Gasteiger partial charge in [0.15, 0.2) is 0 Å². The first-order chi connectivity index (χ1) is 15.0. The summed E-state index contributed by atoms with van der Waals surface area (Å²) in [6.45, 7) is 4.36. The van der Waals surface area contributed by atoms with Crippen LogP contribution in [0.25, 0.3) is 10.9 Å². The molecular formula is C22H24N6O3. The summed E-state index contributed by atoms with van der Waals surface area (Å²) in [6, 6.07) is 13.4. The van der Waals surface area contributed by atoms with Crippen LogP contribution in [0.2, 0.25) is 0 Å². The van der Waals surface area contributed by atoms with Crippen molar-refractivity contribution in [1.82, 2.24) is 14.9 Å². The van der Waals surface area contributed by atoms with E-state index in [4.69, 9.17) is 0 Å². The van der Waals surface area contributed by atoms with E-state index < -0.39 is 0 Å². The molecule has 2 heterocycles. The maximum atomic E-state index is 11.8. The molecule has 1 N–H and O–H groups in total. The molecule has 0 radical (unpaired) electrons. The van der Waals surface area contributed by atoms with Crippen molar-refractivity contribution >= 4 is 34.0 Å². The molecule has 0 spiro atoms. The van der Waals surface area contributed by atoms with Gasteiger partial charge in [-0.1, -0.05) is 30.3 Å². The van der Waals surface area contributed by atoms with Crippen molar-refractivity contribution in [2.24, 2.45) is 0 Å². The Morgan fingerprint density at radius 1 is 1.13 bits per heavy atom. The summed E-state index contributed by atoms with van der Waals surface area (Å²) in [5, 5.41) is 15.8. The van der Waals surface area contributed by atoms with E-state index in [0.29, 0.717) is 55.1 Å². The molecule has 4 rings (SSSR count). The third kappa shape index (κ3) is 4.55. The second-order valence-corrected chi connectivity index (χ2v) is 7.49. The number of nitrogens with one attached hydrogen (secondary N) is 1. The van der Waals surface area contributed by atoms with Gasteiger partial charge in [0.2, 0.25) is 5.91 Å². The molecule has 0 saturated carbocycles. The Morgan fingerprint density at radius 3 is 2.55 bits per heavy atom. The number of benzene rings is 2. The number of fused-ring (bicyclic) bond motifs is 1. The Bertz CT molecular complexity index is 1100. The quantitative estimate of drug-likeness (QED) is 0.483. The van der Waals surface area contributed by atoms with Gasteiger partial charge in [-0.15, -0.1) is 0 Å². The van der Waals surface area contributed by atoms with E-state index in [1.54, 1.807) is 17.0 Å². The van der Waals surface area contributed by atoms with Gasteiger partial charge in [0.1, 0.15) is 17.8 Å². The summed E-state index contributed by atoms with van der Waals surface area (Å²) in [5.74, 6) is 0.601. The molecule has 1 fully saturated rings. The highest BCUT2D eigenvalue weighted by Crippen LogP contribution is 2.35. The number of amides is 1. The van der Waals surface area contributed by atoms with Crippen molar-refractivity contribution in [3.05, 3.63) is 64.5 Å². The zero-order valence-electron chi connectivity index (χ0n) is 17.3. The van der Waals surface area contributed by atoms with Crippen molar-refractivity contribution in [2.75, 3.05) is 42.9 Å². The van der Waals surface area contributed by atoms with E-state index in [9.17, 15) is 14.9 Å². The first-order valence-corrected chi connectivity index (χ1v) is 10.2. The third-order valence-electron chi connectivity index (χ3n) is 5.54. The average Bonchev–Trinajstić information content (AvgIpc) is 2.79. The Hall–Kier alpha value is -3.75. The first-order valence-electron chi connectivity index (χ1n) is 10.2. The Kier molecular flexibility index (Phi) is 5.92. The molecule has 0 atom stereocenters. The van der Waals surface area contributed by atoms with E-state index in [-0.39, 0.29) is 16.5 Å². The summed E-state index contributed by atoms with van der Waals surface area (Å²) in [4.78, 5) is 35.4. The van der Waals surface area contributed by atoms with Crippen molar-refractivity contribution in [1.29, 1.82) is 0 Å². The summed E-state index contributed by atoms with van der Waals surface area (Å²) < 4.78 is 0. The SMILES string of the molecule is CC(=O)N1CCN(c2cc3ncnc(NCCc4ccccc4)c3cc2[N+](=O)[O-])CC1. The second kappa shape index (κ2) is 8.95. The number of carbonyl (C=O) groups is 1. The van der Waals surface area contributed by atoms with Crippen LogP contribution in [-0.2, 0) is 11.2 Å². The number of rotatable bonds is 6. The fourth-order valence-corrected chi connectivity index (χ4v) is 3.85. The van der Waals surface area contributed by atoms with Crippen LogP contribution in [-0.4, -0.2) is 58.4 Å². The minimum atomic E-state index is -0.368. The third-order valence-corrected chi connectivity index (χ3v) is 5.54. The van der Waals surface area contributed by atoms with Crippen molar-refractivity contribution in [2.45, 2.75) is 13.3 Å². The van der Waals surface area contributed by atoms with E-state index in [1.807, 2.05) is 23.1 Å². The number of nitrogens with zero attached hydrogens (tertiary/aromatic N) is 5. The van der Waals surface area contributed by atoms with Gasteiger partial charge < -0.3 is 15.1 Å². The molecule has 0 bridgehead atoms. The number of hydrogen-bond donors (Lipinski definition) is 1. The zero-order chi connectivity index (χ0) is 21.8. The molecule has 160 valence electrons. The van der Waals surface area contributed by atoms with Crippen LogP contribution in [0.4, 0.5) is 17.2 Å². The van der Waals surface area contributed by atoms with E-state index in [1.165, 1.54) is 18.8 Å². The largest absolute Gasteiger partial charge is 0.369 e. The number of aromatic nitrogens is 2. The normalized spacial score (nSPS) is 14.0. The van der Waals surface area contributed by atoms with E-state index in [2.05, 4.69) is 27.4 Å². The lowest BCUT2D eigenvalue weighted by Crippen LogP contribution is -2.48. The lowest BCUT2D eigenvalue weighted by atomic mass is 10.1. The van der Waals surface area contributed by atoms with Crippen LogP contribution in [0.3, 0.4) is 0 Å². The lowest BCUT2D eigenvalue weighted by Gasteiger charge is -2.35. The number of carbonyl (C=O) groups excluding carboxylic acids is 1. The molecule has 0 aliphatic carbocycles. The number of hydrogen-bond acceptors (Lipinski definition) is 7. The molecule has 1 saturated heterocycles. The van der Waals surface area contributed by atoms with Crippen molar-refractivity contribution in [3.63, 3.8) is 0 Å². The molecule has 1 aromatic heterocycles. The van der Waals surface area contributed by atoms with Crippen LogP contribution in [0, 0.1) is 10.1 Å². The number of nitro groups is 1. The minimum Gasteiger partial charge on any atom is -0.369 e. The molecular weight excluding hydrogens is 396 g/mol. The smallest absolute Gasteiger partial charge is 0.293 e. The molecule has 9 heteroatoms. The van der Waals surface area contributed by atoms with Gasteiger partial charge in [-0.05, 0) is 18.1 Å². The van der Waals surface area contributed by atoms with Gasteiger partial charge in [0.05, 0.1) is 10.4 Å². The zero-order valence-corrected chi connectivity index (χ0v) is 17.3. The van der Waals surface area contributed by atoms with Gasteiger partial charge in [-0.3, -0.25) is 14.9 Å². The molecule has 31 heavy (non-hydrogen) atoms. The molecule has 1 aliphatic rings. The predicted octanol–water partition coefficient (Wildman–Crippen LogP) is 2.86. The minimum absolute atomic E-state index is 0.0182. The monoisotopic (exact) mass is 420 g/mol. The highest BCUT2D eigenvalue weighted by Gasteiger charge is 2.26. The number of nitro benzene ring substituents is 1. The number of anilines is 2. The van der Waals surface area contributed by atoms with Crippen molar-refractivity contribution < 1.29 is 9.72 Å². The topological polar surface area (TPSA) is 104 Å². The first kappa shape index (κ1) is 20.5. The Morgan fingerprint density at radius 2 is 1.87 bits per heavy atom. The Balaban J connectivity index is 1.59. The van der Waals surface area contributed by atoms with Crippen LogP contribution < -0.4 is 10.2 Å². The van der Waals surface area contributed by atoms with Gasteiger partial charge in [-0.25, -0.2) is 9.97 Å². The molecule has 9 nitrogen and oxygen atoms in total. The molecule has 1 amide bonds. The van der Waals surface area contributed by atoms with Gasteiger partial charge >= 0.3 is 0 Å². The summed E-state index contributed by atoms with van der Waals surface area (Å²) in [6.07, 6.45) is 2.28. The maximum Gasteiger partial charge on any atom is 0.293 e. The molecule has 3 aromatic rings. The van der Waals surface area contributed by atoms with Crippen LogP contribution in [0.15, 0.2) is 48.8 Å². The summed E-state index contributed by atoms with van der Waals surface area (Å²) in [7, 11) is 0. The predicted molar refractivity (Wildman–Crippen MR) is 119 cm³/mol. The summed E-state index contributed by atoms with van der Waals surface area (Å²) >= 11 is 0. The van der Waals surface area contributed by atoms with Gasteiger partial charge in [-0.2, -0.15) is 0 Å². The van der Waals surface area contributed by atoms with Crippen LogP contribution >= 0.6 is 0 Å². The fourth-order valence-electron chi connectivity index (χ4n) is 3.85. The lowest BCUT2D eigenvalue weighted by molar-refractivity contribution is -0.384. The molecule has 2 aromatic carbocycles. The molecule has 1 aliphatic heterocycles. The fraction of sp³-hybridized carbons (Fsp3) is 0.318. The summed E-state index contributed by atoms with van der Waals surface area (Å²) in [5.41, 5.74) is 2.39. The second-order valence-electron chi connectivity index (χ2n) is 7.49. The van der Waals surface area contributed by atoms with E-state index in [0.717, 1.165) is 6.42 Å². The van der Waals surface area contributed by atoms with E-state index >= 15 is 0 Å². The van der Waals surface area contributed by atoms with Crippen LogP contribution in [0.1, 0.15) is 12.5 Å². The highest BCUT2D eigenvalue weighted by atomic mass is 16.6. The van der Waals surface area contributed by atoms with Crippen LogP contribution in [0.5, 0.6) is 0 Å². The van der Waals surface area contributed by atoms with Crippen molar-refractivity contribution in [3.8, 4) is 0 Å². The number of piperazine rings is 1. The standard InChI is InChI=1S/C22H24N6O3/c1-16(29)26-9-11-27(12-10-26)20-14-19-18(13-21(20)28(30)31)22(25-15-24-19)23-8-7-17-5-3-2-4-6-17/h2-6,13-15H,7-12H2,1H3,(H,23,24,25).